The van der Waals surface area contributed by atoms with Crippen LogP contribution in [0.25, 0.3) is 0 Å². The van der Waals surface area contributed by atoms with Crippen molar-refractivity contribution in [1.29, 1.82) is 0 Å². The maximum Gasteiger partial charge on any atom is 0.222 e. The lowest BCUT2D eigenvalue weighted by atomic mass is 9.75. The molecule has 2 heterocycles. The zero-order valence-electron chi connectivity index (χ0n) is 71.0. The van der Waals surface area contributed by atoms with E-state index in [0.29, 0.717) is 26.0 Å². The molecule has 17 N–H and O–H groups in total. The SMILES string of the molecule is COCC(C)(C)CC(C)(C)CNC(=O)CCCC(=O)NC(COCCC(=O)NCC(C)(C)CC(C)(C)COC1OC(CO)C(O)C(O)C1NC(C)=O)(COCCC(=O)NCC(C)(C)CC(C)(C)COC(OC(CO)[C@@H](C)O)[C@H](CO)NC(C)=O)COCCC(=O)NCC(C)(C)N(C)COC1OC(CO)C(O)C(O)C1NC(C)=O. The summed E-state index contributed by atoms with van der Waals surface area (Å²) in [5.74, 6) is -3.46. The molecule has 2 aliphatic rings. The summed E-state index contributed by atoms with van der Waals surface area (Å²) in [6, 6.07) is -3.35. The summed E-state index contributed by atoms with van der Waals surface area (Å²) in [7, 11) is 3.34. The molecule has 2 aliphatic heterocycles. The van der Waals surface area contributed by atoms with Crippen molar-refractivity contribution in [2.45, 2.75) is 279 Å². The van der Waals surface area contributed by atoms with E-state index in [0.717, 1.165) is 6.42 Å². The quantitative estimate of drug-likeness (QED) is 0.0253. The van der Waals surface area contributed by atoms with Crippen LogP contribution in [0.1, 0.15) is 182 Å². The van der Waals surface area contributed by atoms with E-state index in [1.165, 1.54) is 27.7 Å². The molecule has 660 valence electrons. The van der Waals surface area contributed by atoms with Crippen molar-refractivity contribution in [3.8, 4) is 0 Å². The van der Waals surface area contributed by atoms with Gasteiger partial charge < -0.3 is 136 Å². The molecule has 8 amide bonds. The standard InChI is InChI=1S/C77H145N9O27/c1-48(91)53(31-88)111-67(52(30-87)82-49(2)92)108-42-74(13,14)35-71(7,8)38-79-57(96)24-27-105-44-77(85-60(99)23-21-22-56(95)78-37-70(5,6)34-73(11,12)41-104-20,46-107-29-26-59(98)81-40-76(17,18)86(19)47-110-69-62(84-51(4)94)66(103)64(101)55(33-90)113-69)45-106-28-25-58(97)80-39-72(9,10)36-75(15,16)43-109-68-61(83-50(3)93)65(102)63(100)54(32-89)112-68/h48,52-55,61-69,87-91,100-103H,21-47H2,1-20H3,(H,78,95)(H,79,96)(H,80,97)(H,81,98)(H,82,92)(H,83,93)(H,84,94)(H,85,99)/t48-,52+,53?,54?,55?,61?,62?,63?,64?,65?,66?,67?,68?,69?,77?/m1/s1. The first kappa shape index (κ1) is 104. The average molecular weight is 1630 g/mol. The van der Waals surface area contributed by atoms with Gasteiger partial charge in [0.2, 0.25) is 47.3 Å². The lowest BCUT2D eigenvalue weighted by Gasteiger charge is -2.43. The number of carbonyl (C=O) groups excluding carboxylic acids is 8. The number of nitrogens with zero attached hydrogens (tertiary/aromatic N) is 1. The molecule has 36 nitrogen and oxygen atoms in total. The zero-order valence-corrected chi connectivity index (χ0v) is 71.0. The van der Waals surface area contributed by atoms with Gasteiger partial charge in [0.15, 0.2) is 18.9 Å². The van der Waals surface area contributed by atoms with E-state index in [1.807, 2.05) is 69.2 Å². The van der Waals surface area contributed by atoms with Gasteiger partial charge in [0.1, 0.15) is 73.1 Å². The third kappa shape index (κ3) is 40.3. The summed E-state index contributed by atoms with van der Waals surface area (Å²) >= 11 is 0. The van der Waals surface area contributed by atoms with Crippen molar-refractivity contribution in [3.05, 3.63) is 0 Å². The molecule has 13 unspecified atom stereocenters. The third-order valence-corrected chi connectivity index (χ3v) is 19.4. The van der Waals surface area contributed by atoms with E-state index < -0.39 is 175 Å². The molecule has 36 heteroatoms. The molecule has 2 rings (SSSR count). The van der Waals surface area contributed by atoms with Gasteiger partial charge in [-0.1, -0.05) is 83.1 Å². The minimum atomic E-state index is -1.55. The molecule has 0 saturated carbocycles. The molecule has 0 radical (unpaired) electrons. The Kier molecular flexibility index (Phi) is 44.9. The predicted octanol–water partition coefficient (Wildman–Crippen LogP) is -1.14. The maximum absolute atomic E-state index is 14.3. The van der Waals surface area contributed by atoms with Crippen LogP contribution in [0.2, 0.25) is 0 Å². The van der Waals surface area contributed by atoms with E-state index in [-0.39, 0.29) is 146 Å². The number of methoxy groups -OCH3 is 1. The molecule has 0 aliphatic carbocycles. The maximum atomic E-state index is 14.3. The summed E-state index contributed by atoms with van der Waals surface area (Å²) in [5.41, 5.74) is -5.10. The molecule has 2 fully saturated rings. The molecule has 113 heavy (non-hydrogen) atoms. The second kappa shape index (κ2) is 48.7. The van der Waals surface area contributed by atoms with Crippen molar-refractivity contribution in [3.63, 3.8) is 0 Å². The van der Waals surface area contributed by atoms with E-state index in [2.05, 4.69) is 70.2 Å². The van der Waals surface area contributed by atoms with E-state index in [9.17, 15) is 84.3 Å². The van der Waals surface area contributed by atoms with Crippen molar-refractivity contribution < 1.29 is 132 Å². The Hall–Kier alpha value is -5.04. The Morgan fingerprint density at radius 1 is 0.478 bits per heavy atom. The van der Waals surface area contributed by atoms with Crippen LogP contribution in [0.3, 0.4) is 0 Å². The van der Waals surface area contributed by atoms with Crippen LogP contribution >= 0.6 is 0 Å². The zero-order chi connectivity index (χ0) is 86.1. The normalized spacial score (nSPS) is 22.4. The van der Waals surface area contributed by atoms with E-state index in [1.54, 1.807) is 19.1 Å². The van der Waals surface area contributed by atoms with Crippen molar-refractivity contribution in [2.24, 2.45) is 32.5 Å². The molecule has 0 aromatic rings. The second-order valence-electron chi connectivity index (χ2n) is 35.9. The van der Waals surface area contributed by atoms with Crippen LogP contribution in [0, 0.1) is 32.5 Å². The summed E-state index contributed by atoms with van der Waals surface area (Å²) in [6.07, 6.45) is -13.1. The predicted molar refractivity (Wildman–Crippen MR) is 414 cm³/mol. The number of hydrogen-bond donors (Lipinski definition) is 17. The number of aliphatic hydroxyl groups excluding tert-OH is 9. The lowest BCUT2D eigenvalue weighted by molar-refractivity contribution is -0.280. The molecule has 2 saturated heterocycles. The Balaban J connectivity index is 2.43. The Bertz CT molecular complexity index is 2870. The number of nitrogens with one attached hydrogen (secondary N) is 8. The number of rotatable bonds is 57. The van der Waals surface area contributed by atoms with Crippen LogP contribution in [0.4, 0.5) is 0 Å². The second-order valence-corrected chi connectivity index (χ2v) is 35.9. The van der Waals surface area contributed by atoms with Gasteiger partial charge in [-0.2, -0.15) is 0 Å². The van der Waals surface area contributed by atoms with Crippen LogP contribution in [0.15, 0.2) is 0 Å². The fourth-order valence-electron chi connectivity index (χ4n) is 14.1. The van der Waals surface area contributed by atoms with Gasteiger partial charge in [-0.15, -0.1) is 0 Å². The topological polar surface area (TPSA) is 510 Å². The summed E-state index contributed by atoms with van der Waals surface area (Å²) in [4.78, 5) is 107. The minimum absolute atomic E-state index is 0.00811. The lowest BCUT2D eigenvalue weighted by Crippen LogP contribution is -2.65. The van der Waals surface area contributed by atoms with Gasteiger partial charge in [0.25, 0.3) is 0 Å². The number of ether oxygens (including phenoxy) is 10. The van der Waals surface area contributed by atoms with Gasteiger partial charge in [-0.05, 0) is 86.0 Å². The summed E-state index contributed by atoms with van der Waals surface area (Å²) in [6.45, 7) is 29.9. The highest BCUT2D eigenvalue weighted by atomic mass is 16.7. The van der Waals surface area contributed by atoms with Crippen LogP contribution < -0.4 is 42.5 Å². The smallest absolute Gasteiger partial charge is 0.222 e. The average Bonchev–Trinajstić information content (AvgIpc) is 0.809. The van der Waals surface area contributed by atoms with Crippen molar-refractivity contribution in [2.75, 3.05) is 133 Å². The van der Waals surface area contributed by atoms with E-state index >= 15 is 0 Å². The number of carbonyl (C=O) groups is 8. The number of amides is 8. The molecule has 0 aromatic carbocycles. The van der Waals surface area contributed by atoms with Crippen molar-refractivity contribution in [1.82, 2.24) is 47.4 Å². The van der Waals surface area contributed by atoms with Crippen LogP contribution in [0.5, 0.6) is 0 Å². The Morgan fingerprint density at radius 2 is 0.867 bits per heavy atom. The van der Waals surface area contributed by atoms with Crippen molar-refractivity contribution >= 4 is 47.3 Å². The minimum Gasteiger partial charge on any atom is -0.394 e. The van der Waals surface area contributed by atoms with Gasteiger partial charge in [0.05, 0.1) is 92.0 Å². The van der Waals surface area contributed by atoms with Gasteiger partial charge >= 0.3 is 0 Å². The molecular formula is C77H145N9O27. The van der Waals surface area contributed by atoms with Gasteiger partial charge in [-0.25, -0.2) is 0 Å². The molecular weight excluding hydrogens is 1480 g/mol. The van der Waals surface area contributed by atoms with Crippen LogP contribution in [-0.2, 0) is 85.7 Å². The first-order chi connectivity index (χ1) is 52.3. The molecule has 0 bridgehead atoms. The summed E-state index contributed by atoms with van der Waals surface area (Å²) in [5, 5.41) is 115. The first-order valence-corrected chi connectivity index (χ1v) is 39.1. The largest absolute Gasteiger partial charge is 0.394 e. The van der Waals surface area contributed by atoms with Gasteiger partial charge in [0, 0.05) is 91.7 Å². The fourth-order valence-corrected chi connectivity index (χ4v) is 14.1. The highest BCUT2D eigenvalue weighted by molar-refractivity contribution is 5.80. The Labute approximate surface area is 668 Å². The highest BCUT2D eigenvalue weighted by Gasteiger charge is 2.48. The number of aliphatic hydroxyl groups is 9. The Morgan fingerprint density at radius 3 is 1.25 bits per heavy atom. The first-order valence-electron chi connectivity index (χ1n) is 39.1. The van der Waals surface area contributed by atoms with Gasteiger partial charge in [-0.3, -0.25) is 43.3 Å². The number of likely N-dealkylation sites (N-methyl/N-ethyl adjacent to an activating group) is 1. The molecule has 15 atom stereocenters. The molecule has 0 spiro atoms. The summed E-state index contributed by atoms with van der Waals surface area (Å²) < 4.78 is 59.7. The third-order valence-electron chi connectivity index (χ3n) is 19.4. The number of hydrogen-bond acceptors (Lipinski definition) is 28. The monoisotopic (exact) mass is 1630 g/mol. The molecule has 0 aromatic heterocycles. The highest BCUT2D eigenvalue weighted by Crippen LogP contribution is 2.37. The fraction of sp³-hybridized carbons (Fsp3) is 0.896. The van der Waals surface area contributed by atoms with E-state index in [4.69, 9.17) is 47.4 Å². The van der Waals surface area contributed by atoms with Crippen LogP contribution in [-0.4, -0.2) is 328 Å².